The van der Waals surface area contributed by atoms with Gasteiger partial charge in [0.25, 0.3) is 0 Å². The molecule has 0 aliphatic carbocycles. The van der Waals surface area contributed by atoms with E-state index in [9.17, 15) is 0 Å². The summed E-state index contributed by atoms with van der Waals surface area (Å²) < 4.78 is 10.7. The number of benzene rings is 2. The maximum atomic E-state index is 9.10. The van der Waals surface area contributed by atoms with Gasteiger partial charge in [-0.1, -0.05) is 30.3 Å². The van der Waals surface area contributed by atoms with E-state index in [2.05, 4.69) is 6.07 Å². The van der Waals surface area contributed by atoms with Crippen molar-refractivity contribution in [3.63, 3.8) is 0 Å². The highest BCUT2D eigenvalue weighted by atomic mass is 16.7. The molecule has 3 nitrogen and oxygen atoms in total. The maximum Gasteiger partial charge on any atom is 0.231 e. The first-order chi connectivity index (χ1) is 8.88. The van der Waals surface area contributed by atoms with Crippen LogP contribution in [0.15, 0.2) is 42.5 Å². The Hall–Kier alpha value is -2.00. The third-order valence-corrected chi connectivity index (χ3v) is 3.08. The number of fused-ring (bicyclic) bond motifs is 1. The van der Waals surface area contributed by atoms with Gasteiger partial charge in [-0.15, -0.1) is 0 Å². The molecule has 0 spiro atoms. The lowest BCUT2D eigenvalue weighted by Gasteiger charge is -2.09. The van der Waals surface area contributed by atoms with Crippen molar-refractivity contribution in [3.05, 3.63) is 48.0 Å². The number of aliphatic hydroxyl groups is 1. The summed E-state index contributed by atoms with van der Waals surface area (Å²) in [6.45, 7) is 0.443. The highest BCUT2D eigenvalue weighted by Crippen LogP contribution is 2.36. The molecule has 1 N–H and O–H groups in total. The average molecular weight is 242 g/mol. The van der Waals surface area contributed by atoms with Gasteiger partial charge in [0.2, 0.25) is 6.79 Å². The molecule has 0 atom stereocenters. The predicted molar refractivity (Wildman–Crippen MR) is 68.8 cm³/mol. The first-order valence-electron chi connectivity index (χ1n) is 5.97. The fourth-order valence-corrected chi connectivity index (χ4v) is 2.20. The van der Waals surface area contributed by atoms with Crippen molar-refractivity contribution in [2.45, 2.75) is 6.42 Å². The third-order valence-electron chi connectivity index (χ3n) is 3.08. The summed E-state index contributed by atoms with van der Waals surface area (Å²) in [6, 6.07) is 14.0. The van der Waals surface area contributed by atoms with Crippen molar-refractivity contribution in [2.75, 3.05) is 13.4 Å². The molecule has 0 saturated heterocycles. The van der Waals surface area contributed by atoms with Gasteiger partial charge in [-0.3, -0.25) is 0 Å². The van der Waals surface area contributed by atoms with Gasteiger partial charge in [-0.25, -0.2) is 0 Å². The van der Waals surface area contributed by atoms with Crippen LogP contribution in [0.3, 0.4) is 0 Å². The molecular weight excluding hydrogens is 228 g/mol. The van der Waals surface area contributed by atoms with Gasteiger partial charge in [0, 0.05) is 6.61 Å². The molecular formula is C15H14O3. The predicted octanol–water partition coefficient (Wildman–Crippen LogP) is 2.62. The van der Waals surface area contributed by atoms with Crippen LogP contribution in [-0.4, -0.2) is 18.5 Å². The quantitative estimate of drug-likeness (QED) is 0.899. The first-order valence-corrected chi connectivity index (χ1v) is 5.97. The minimum atomic E-state index is 0.154. The van der Waals surface area contributed by atoms with E-state index >= 15 is 0 Å². The fourth-order valence-electron chi connectivity index (χ4n) is 2.20. The molecule has 0 fully saturated rings. The highest BCUT2D eigenvalue weighted by molar-refractivity contribution is 5.70. The Morgan fingerprint density at radius 2 is 1.83 bits per heavy atom. The van der Waals surface area contributed by atoms with Gasteiger partial charge in [0.05, 0.1) is 0 Å². The van der Waals surface area contributed by atoms with E-state index in [1.165, 1.54) is 0 Å². The Morgan fingerprint density at radius 1 is 1.00 bits per heavy atom. The zero-order valence-electron chi connectivity index (χ0n) is 9.93. The molecule has 3 heteroatoms. The topological polar surface area (TPSA) is 38.7 Å². The molecule has 0 bridgehead atoms. The van der Waals surface area contributed by atoms with Crippen LogP contribution >= 0.6 is 0 Å². The van der Waals surface area contributed by atoms with Gasteiger partial charge in [0.15, 0.2) is 11.5 Å². The Bertz CT molecular complexity index is 563. The summed E-state index contributed by atoms with van der Waals surface area (Å²) in [4.78, 5) is 0. The average Bonchev–Trinajstić information content (AvgIpc) is 2.87. The van der Waals surface area contributed by atoms with E-state index < -0.39 is 0 Å². The normalized spacial score (nSPS) is 12.7. The molecule has 0 amide bonds. The standard InChI is InChI=1S/C15H14O3/c16-8-7-11-3-1-2-4-13(11)12-5-6-14-15(9-12)18-10-17-14/h1-6,9,16H,7-8,10H2. The smallest absolute Gasteiger partial charge is 0.231 e. The van der Waals surface area contributed by atoms with Crippen LogP contribution in [0.25, 0.3) is 11.1 Å². The number of hydrogen-bond donors (Lipinski definition) is 1. The summed E-state index contributed by atoms with van der Waals surface area (Å²) in [5.41, 5.74) is 3.35. The van der Waals surface area contributed by atoms with Gasteiger partial charge in [0.1, 0.15) is 0 Å². The van der Waals surface area contributed by atoms with Crippen LogP contribution in [0, 0.1) is 0 Å². The molecule has 1 aliphatic rings. The van der Waals surface area contributed by atoms with Crippen LogP contribution < -0.4 is 9.47 Å². The summed E-state index contributed by atoms with van der Waals surface area (Å²) in [7, 11) is 0. The molecule has 18 heavy (non-hydrogen) atoms. The van der Waals surface area contributed by atoms with E-state index in [1.54, 1.807) is 0 Å². The largest absolute Gasteiger partial charge is 0.454 e. The third kappa shape index (κ3) is 1.93. The second-order valence-electron chi connectivity index (χ2n) is 4.20. The van der Waals surface area contributed by atoms with Crippen molar-refractivity contribution >= 4 is 0 Å². The molecule has 1 heterocycles. The van der Waals surface area contributed by atoms with Crippen LogP contribution in [0.2, 0.25) is 0 Å². The zero-order chi connectivity index (χ0) is 12.4. The summed E-state index contributed by atoms with van der Waals surface area (Å²) >= 11 is 0. The van der Waals surface area contributed by atoms with E-state index in [1.807, 2.05) is 36.4 Å². The lowest BCUT2D eigenvalue weighted by molar-refractivity contribution is 0.174. The maximum absolute atomic E-state index is 9.10. The van der Waals surface area contributed by atoms with Gasteiger partial charge >= 0.3 is 0 Å². The molecule has 2 aromatic rings. The van der Waals surface area contributed by atoms with Crippen molar-refractivity contribution < 1.29 is 14.6 Å². The Labute approximate surface area is 106 Å². The highest BCUT2D eigenvalue weighted by Gasteiger charge is 2.14. The van der Waals surface area contributed by atoms with Crippen LogP contribution in [0.5, 0.6) is 11.5 Å². The number of aliphatic hydroxyl groups excluding tert-OH is 1. The van der Waals surface area contributed by atoms with Crippen LogP contribution in [0.1, 0.15) is 5.56 Å². The van der Waals surface area contributed by atoms with Crippen molar-refractivity contribution in [1.29, 1.82) is 0 Å². The van der Waals surface area contributed by atoms with Crippen molar-refractivity contribution in [2.24, 2.45) is 0 Å². The monoisotopic (exact) mass is 242 g/mol. The van der Waals surface area contributed by atoms with Crippen molar-refractivity contribution in [1.82, 2.24) is 0 Å². The molecule has 1 aliphatic heterocycles. The lowest BCUT2D eigenvalue weighted by atomic mass is 9.97. The van der Waals surface area contributed by atoms with Crippen LogP contribution in [-0.2, 0) is 6.42 Å². The van der Waals surface area contributed by atoms with Crippen molar-refractivity contribution in [3.8, 4) is 22.6 Å². The lowest BCUT2D eigenvalue weighted by Crippen LogP contribution is -1.94. The number of hydrogen-bond acceptors (Lipinski definition) is 3. The SMILES string of the molecule is OCCc1ccccc1-c1ccc2c(c1)OCO2. The van der Waals surface area contributed by atoms with Gasteiger partial charge in [-0.05, 0) is 35.2 Å². The molecule has 2 aromatic carbocycles. The van der Waals surface area contributed by atoms with Crippen LogP contribution in [0.4, 0.5) is 0 Å². The molecule has 0 radical (unpaired) electrons. The van der Waals surface area contributed by atoms with Gasteiger partial charge < -0.3 is 14.6 Å². The van der Waals surface area contributed by atoms with E-state index in [-0.39, 0.29) is 13.4 Å². The molecule has 3 rings (SSSR count). The Balaban J connectivity index is 2.04. The minimum absolute atomic E-state index is 0.154. The number of rotatable bonds is 3. The molecule has 0 saturated carbocycles. The van der Waals surface area contributed by atoms with E-state index in [4.69, 9.17) is 14.6 Å². The van der Waals surface area contributed by atoms with E-state index in [0.717, 1.165) is 28.2 Å². The van der Waals surface area contributed by atoms with Gasteiger partial charge in [-0.2, -0.15) is 0 Å². The summed E-state index contributed by atoms with van der Waals surface area (Å²) in [6.07, 6.45) is 0.657. The summed E-state index contributed by atoms with van der Waals surface area (Å²) in [5.74, 6) is 1.57. The van der Waals surface area contributed by atoms with E-state index in [0.29, 0.717) is 6.42 Å². The Morgan fingerprint density at radius 3 is 2.72 bits per heavy atom. The molecule has 92 valence electrons. The number of ether oxygens (including phenoxy) is 2. The second kappa shape index (κ2) is 4.70. The first kappa shape index (κ1) is 11.1. The zero-order valence-corrected chi connectivity index (χ0v) is 9.93. The minimum Gasteiger partial charge on any atom is -0.454 e. The summed E-state index contributed by atoms with van der Waals surface area (Å²) in [5, 5.41) is 9.10. The molecule has 0 unspecified atom stereocenters. The second-order valence-corrected chi connectivity index (χ2v) is 4.20. The fraction of sp³-hybridized carbons (Fsp3) is 0.200. The molecule has 0 aromatic heterocycles. The Kier molecular flexibility index (Phi) is 2.90.